The van der Waals surface area contributed by atoms with Crippen molar-refractivity contribution in [1.29, 1.82) is 0 Å². The van der Waals surface area contributed by atoms with Gasteiger partial charge in [-0.2, -0.15) is 0 Å². The summed E-state index contributed by atoms with van der Waals surface area (Å²) in [6.45, 7) is 0.517. The number of nitrogens with zero attached hydrogens (tertiary/aromatic N) is 2. The minimum atomic E-state index is -0.537. The van der Waals surface area contributed by atoms with E-state index in [0.717, 1.165) is 37.0 Å². The van der Waals surface area contributed by atoms with Crippen LogP contribution in [0, 0.1) is 5.92 Å². The van der Waals surface area contributed by atoms with Crippen molar-refractivity contribution in [2.75, 3.05) is 6.54 Å². The Labute approximate surface area is 140 Å². The Morgan fingerprint density at radius 2 is 2.21 bits per heavy atom. The van der Waals surface area contributed by atoms with Crippen LogP contribution in [-0.4, -0.2) is 33.4 Å². The molecule has 2 aromatic heterocycles. The molecule has 1 saturated carbocycles. The zero-order chi connectivity index (χ0) is 16.6. The SMILES string of the molecule is O=C1C[C@H](C(=O)NCCc2cn3ccccc3n2)C2(CCCC2)O1. The number of esters is 1. The molecule has 0 radical (unpaired) electrons. The number of hydrogen-bond acceptors (Lipinski definition) is 4. The van der Waals surface area contributed by atoms with Crippen LogP contribution in [0.25, 0.3) is 5.65 Å². The summed E-state index contributed by atoms with van der Waals surface area (Å²) in [5.74, 6) is -0.641. The summed E-state index contributed by atoms with van der Waals surface area (Å²) in [6, 6.07) is 5.86. The van der Waals surface area contributed by atoms with Gasteiger partial charge in [0.1, 0.15) is 11.2 Å². The molecule has 1 aliphatic carbocycles. The molecule has 6 nitrogen and oxygen atoms in total. The van der Waals surface area contributed by atoms with Gasteiger partial charge < -0.3 is 14.5 Å². The van der Waals surface area contributed by atoms with Crippen molar-refractivity contribution in [3.63, 3.8) is 0 Å². The number of rotatable bonds is 4. The molecule has 1 saturated heterocycles. The fourth-order valence-corrected chi connectivity index (χ4v) is 3.99. The van der Waals surface area contributed by atoms with E-state index in [1.807, 2.05) is 35.0 Å². The third kappa shape index (κ3) is 2.66. The van der Waals surface area contributed by atoms with E-state index in [1.165, 1.54) is 0 Å². The molecule has 2 aromatic rings. The van der Waals surface area contributed by atoms with Gasteiger partial charge >= 0.3 is 5.97 Å². The third-order valence-corrected chi connectivity index (χ3v) is 5.18. The number of ether oxygens (including phenoxy) is 1. The molecule has 2 aliphatic rings. The van der Waals surface area contributed by atoms with Crippen LogP contribution in [0.3, 0.4) is 0 Å². The molecule has 0 unspecified atom stereocenters. The minimum Gasteiger partial charge on any atom is -0.458 e. The lowest BCUT2D eigenvalue weighted by molar-refractivity contribution is -0.149. The van der Waals surface area contributed by atoms with Gasteiger partial charge in [0.25, 0.3) is 0 Å². The number of carbonyl (C=O) groups is 2. The highest BCUT2D eigenvalue weighted by Crippen LogP contribution is 2.45. The lowest BCUT2D eigenvalue weighted by Gasteiger charge is -2.27. The summed E-state index contributed by atoms with van der Waals surface area (Å²) in [4.78, 5) is 28.8. The van der Waals surface area contributed by atoms with Gasteiger partial charge in [-0.1, -0.05) is 6.07 Å². The molecule has 6 heteroatoms. The molecule has 3 heterocycles. The maximum absolute atomic E-state index is 12.5. The van der Waals surface area contributed by atoms with E-state index in [1.54, 1.807) is 0 Å². The Morgan fingerprint density at radius 3 is 3.00 bits per heavy atom. The Hall–Kier alpha value is -2.37. The summed E-state index contributed by atoms with van der Waals surface area (Å²) in [5.41, 5.74) is 1.30. The number of nitrogens with one attached hydrogen (secondary N) is 1. The molecule has 1 atom stereocenters. The van der Waals surface area contributed by atoms with Gasteiger partial charge in [0, 0.05) is 25.4 Å². The van der Waals surface area contributed by atoms with Gasteiger partial charge in [-0.05, 0) is 37.8 Å². The van der Waals surface area contributed by atoms with Crippen molar-refractivity contribution in [3.8, 4) is 0 Å². The standard InChI is InChI=1S/C18H21N3O3/c22-16-11-14(18(24-16)7-2-3-8-18)17(23)19-9-6-13-12-21-10-4-1-5-15(21)20-13/h1,4-5,10,12,14H,2-3,6-9,11H2,(H,19,23)/t14-/m1/s1. The first-order valence-corrected chi connectivity index (χ1v) is 8.58. The quantitative estimate of drug-likeness (QED) is 0.870. The van der Waals surface area contributed by atoms with Gasteiger partial charge in [-0.25, -0.2) is 4.98 Å². The fraction of sp³-hybridized carbons (Fsp3) is 0.500. The lowest BCUT2D eigenvalue weighted by atomic mass is 9.85. The van der Waals surface area contributed by atoms with Gasteiger partial charge in [0.15, 0.2) is 0 Å². The van der Waals surface area contributed by atoms with Crippen LogP contribution in [0.15, 0.2) is 30.6 Å². The van der Waals surface area contributed by atoms with E-state index in [4.69, 9.17) is 4.74 Å². The summed E-state index contributed by atoms with van der Waals surface area (Å²) < 4.78 is 7.50. The number of carbonyl (C=O) groups excluding carboxylic acids is 2. The fourth-order valence-electron chi connectivity index (χ4n) is 3.99. The van der Waals surface area contributed by atoms with E-state index < -0.39 is 5.60 Å². The predicted molar refractivity (Wildman–Crippen MR) is 87.3 cm³/mol. The van der Waals surface area contributed by atoms with Crippen molar-refractivity contribution < 1.29 is 14.3 Å². The minimum absolute atomic E-state index is 0.0634. The average molecular weight is 327 g/mol. The maximum atomic E-state index is 12.5. The van der Waals surface area contributed by atoms with Crippen LogP contribution in [0.1, 0.15) is 37.8 Å². The van der Waals surface area contributed by atoms with Crippen molar-refractivity contribution in [1.82, 2.24) is 14.7 Å². The average Bonchev–Trinajstić information content (AvgIpc) is 3.26. The summed E-state index contributed by atoms with van der Waals surface area (Å²) in [6.07, 6.45) is 8.48. The highest BCUT2D eigenvalue weighted by Gasteiger charge is 2.53. The van der Waals surface area contributed by atoms with Crippen LogP contribution >= 0.6 is 0 Å². The third-order valence-electron chi connectivity index (χ3n) is 5.18. The number of amides is 1. The van der Waals surface area contributed by atoms with Gasteiger partial charge in [-0.3, -0.25) is 9.59 Å². The molecule has 4 rings (SSSR count). The van der Waals surface area contributed by atoms with E-state index >= 15 is 0 Å². The molecule has 1 spiro atoms. The first-order valence-electron chi connectivity index (χ1n) is 8.58. The summed E-state index contributed by atoms with van der Waals surface area (Å²) >= 11 is 0. The van der Waals surface area contributed by atoms with E-state index in [2.05, 4.69) is 10.3 Å². The van der Waals surface area contributed by atoms with Crippen molar-refractivity contribution >= 4 is 17.5 Å². The van der Waals surface area contributed by atoms with Gasteiger partial charge in [0.05, 0.1) is 18.0 Å². The van der Waals surface area contributed by atoms with Gasteiger partial charge in [0.2, 0.25) is 5.91 Å². The Morgan fingerprint density at radius 1 is 1.38 bits per heavy atom. The van der Waals surface area contributed by atoms with E-state index in [-0.39, 0.29) is 24.2 Å². The van der Waals surface area contributed by atoms with E-state index in [9.17, 15) is 9.59 Å². The highest BCUT2D eigenvalue weighted by molar-refractivity contribution is 5.87. The molecule has 1 aliphatic heterocycles. The second-order valence-electron chi connectivity index (χ2n) is 6.74. The number of aromatic nitrogens is 2. The van der Waals surface area contributed by atoms with E-state index in [0.29, 0.717) is 13.0 Å². The topological polar surface area (TPSA) is 72.7 Å². The smallest absolute Gasteiger partial charge is 0.307 e. The number of hydrogen-bond donors (Lipinski definition) is 1. The van der Waals surface area contributed by atoms with Crippen LogP contribution in [0.5, 0.6) is 0 Å². The van der Waals surface area contributed by atoms with Crippen molar-refractivity contribution in [2.45, 2.75) is 44.1 Å². The predicted octanol–water partition coefficient (Wildman–Crippen LogP) is 1.87. The molecule has 0 aromatic carbocycles. The molecule has 1 N–H and O–H groups in total. The van der Waals surface area contributed by atoms with Crippen LogP contribution in [0.2, 0.25) is 0 Å². The molecule has 0 bridgehead atoms. The molecule has 2 fully saturated rings. The van der Waals surface area contributed by atoms with Crippen LogP contribution < -0.4 is 5.32 Å². The molecule has 1 amide bonds. The van der Waals surface area contributed by atoms with Crippen molar-refractivity contribution in [3.05, 3.63) is 36.3 Å². The zero-order valence-electron chi connectivity index (χ0n) is 13.5. The Bertz CT molecular complexity index is 744. The molecular weight excluding hydrogens is 306 g/mol. The normalized spacial score (nSPS) is 22.2. The monoisotopic (exact) mass is 327 g/mol. The lowest BCUT2D eigenvalue weighted by Crippen LogP contribution is -2.43. The first kappa shape index (κ1) is 15.2. The second-order valence-corrected chi connectivity index (χ2v) is 6.74. The highest BCUT2D eigenvalue weighted by atomic mass is 16.6. The second kappa shape index (κ2) is 5.92. The summed E-state index contributed by atoms with van der Waals surface area (Å²) in [5, 5.41) is 2.97. The summed E-state index contributed by atoms with van der Waals surface area (Å²) in [7, 11) is 0. The van der Waals surface area contributed by atoms with Crippen molar-refractivity contribution in [2.24, 2.45) is 5.92 Å². The molecule has 24 heavy (non-hydrogen) atoms. The maximum Gasteiger partial charge on any atom is 0.307 e. The number of fused-ring (bicyclic) bond motifs is 1. The molecule has 126 valence electrons. The first-order chi connectivity index (χ1) is 11.7. The Kier molecular flexibility index (Phi) is 3.75. The number of imidazole rings is 1. The number of pyridine rings is 1. The molecular formula is C18H21N3O3. The van der Waals surface area contributed by atoms with Crippen LogP contribution in [-0.2, 0) is 20.7 Å². The Balaban J connectivity index is 1.37. The van der Waals surface area contributed by atoms with Crippen LogP contribution in [0.4, 0.5) is 0 Å². The zero-order valence-corrected chi connectivity index (χ0v) is 13.5. The van der Waals surface area contributed by atoms with Gasteiger partial charge in [-0.15, -0.1) is 0 Å². The largest absolute Gasteiger partial charge is 0.458 e.